The number of aryl methyl sites for hydroxylation is 2. The SMILES string of the molecule is CCc1cc(-c2c3ccc([Si](C)(C)C)cc3cc[n+]2C)c(C)c(C)c1F. The Morgan fingerprint density at radius 2 is 1.69 bits per heavy atom. The van der Waals surface area contributed by atoms with Gasteiger partial charge in [0.05, 0.1) is 19.0 Å². The number of halogens is 1. The molecule has 1 aromatic heterocycles. The van der Waals surface area contributed by atoms with Gasteiger partial charge in [-0.05, 0) is 54.5 Å². The standard InChI is InChI=1S/C23H29FNSi/c1-8-17-14-21(15(2)16(3)22(17)24)23-20-10-9-19(26(5,6)7)13-18(20)11-12-25(23)4/h9-14H,8H2,1-7H3/q+1. The summed E-state index contributed by atoms with van der Waals surface area (Å²) in [6.45, 7) is 13.1. The fourth-order valence-corrected chi connectivity index (χ4v) is 4.80. The first-order valence-corrected chi connectivity index (χ1v) is 12.9. The van der Waals surface area contributed by atoms with E-state index in [4.69, 9.17) is 0 Å². The van der Waals surface area contributed by atoms with Crippen molar-refractivity contribution in [2.75, 3.05) is 0 Å². The molecule has 3 aromatic rings. The van der Waals surface area contributed by atoms with Crippen LogP contribution in [0.3, 0.4) is 0 Å². The molecule has 0 radical (unpaired) electrons. The number of pyridine rings is 1. The highest BCUT2D eigenvalue weighted by molar-refractivity contribution is 6.88. The summed E-state index contributed by atoms with van der Waals surface area (Å²) in [6, 6.07) is 11.1. The molecule has 0 spiro atoms. The lowest BCUT2D eigenvalue weighted by Gasteiger charge is -2.18. The molecule has 1 nitrogen and oxygen atoms in total. The van der Waals surface area contributed by atoms with Crippen molar-refractivity contribution in [1.82, 2.24) is 0 Å². The van der Waals surface area contributed by atoms with Crippen LogP contribution in [0.25, 0.3) is 22.0 Å². The molecule has 3 rings (SSSR count). The fourth-order valence-electron chi connectivity index (χ4n) is 3.63. The second-order valence-corrected chi connectivity index (χ2v) is 13.4. The Labute approximate surface area is 157 Å². The van der Waals surface area contributed by atoms with Crippen LogP contribution in [0.4, 0.5) is 4.39 Å². The fraction of sp³-hybridized carbons (Fsp3) is 0.348. The van der Waals surface area contributed by atoms with Crippen molar-refractivity contribution in [3.8, 4) is 11.3 Å². The summed E-state index contributed by atoms with van der Waals surface area (Å²) in [5, 5.41) is 3.96. The first-order valence-electron chi connectivity index (χ1n) is 9.37. The van der Waals surface area contributed by atoms with Gasteiger partial charge in [-0.3, -0.25) is 0 Å². The third kappa shape index (κ3) is 3.09. The number of rotatable bonds is 3. The Kier molecular flexibility index (Phi) is 4.78. The van der Waals surface area contributed by atoms with Gasteiger partial charge >= 0.3 is 0 Å². The molecule has 3 heteroatoms. The zero-order chi connectivity index (χ0) is 19.2. The van der Waals surface area contributed by atoms with E-state index in [1.165, 1.54) is 21.7 Å². The van der Waals surface area contributed by atoms with E-state index in [0.29, 0.717) is 6.42 Å². The van der Waals surface area contributed by atoms with Gasteiger partial charge in [0.25, 0.3) is 0 Å². The van der Waals surface area contributed by atoms with Gasteiger partial charge < -0.3 is 0 Å². The van der Waals surface area contributed by atoms with E-state index in [9.17, 15) is 4.39 Å². The molecule has 26 heavy (non-hydrogen) atoms. The third-order valence-corrected chi connectivity index (χ3v) is 7.58. The average Bonchev–Trinajstić information content (AvgIpc) is 2.59. The summed E-state index contributed by atoms with van der Waals surface area (Å²) in [6.07, 6.45) is 2.82. The van der Waals surface area contributed by atoms with Gasteiger partial charge in [0.1, 0.15) is 12.9 Å². The largest absolute Gasteiger partial charge is 0.220 e. The van der Waals surface area contributed by atoms with Crippen LogP contribution in [0.1, 0.15) is 23.6 Å². The average molecular weight is 367 g/mol. The minimum Gasteiger partial charge on any atom is -0.206 e. The molecule has 0 aliphatic heterocycles. The van der Waals surface area contributed by atoms with Gasteiger partial charge in [-0.25, -0.2) is 8.96 Å². The number of hydrogen-bond acceptors (Lipinski definition) is 0. The molecule has 0 aliphatic rings. The molecule has 0 aliphatic carbocycles. The van der Waals surface area contributed by atoms with Crippen LogP contribution in [0.5, 0.6) is 0 Å². The maximum absolute atomic E-state index is 14.6. The van der Waals surface area contributed by atoms with Crippen molar-refractivity contribution >= 4 is 24.0 Å². The smallest absolute Gasteiger partial charge is 0.206 e. The van der Waals surface area contributed by atoms with E-state index in [2.05, 4.69) is 61.7 Å². The van der Waals surface area contributed by atoms with Crippen molar-refractivity contribution in [2.45, 2.75) is 46.8 Å². The minimum absolute atomic E-state index is 0.0577. The molecule has 0 unspecified atom stereocenters. The van der Waals surface area contributed by atoms with Crippen molar-refractivity contribution < 1.29 is 8.96 Å². The van der Waals surface area contributed by atoms with Crippen LogP contribution in [-0.4, -0.2) is 8.07 Å². The molecule has 0 N–H and O–H groups in total. The third-order valence-electron chi connectivity index (χ3n) is 5.54. The van der Waals surface area contributed by atoms with Gasteiger partial charge in [-0.1, -0.05) is 43.9 Å². The molecule has 1 heterocycles. The molecule has 0 fully saturated rings. The Balaban J connectivity index is 2.36. The van der Waals surface area contributed by atoms with E-state index < -0.39 is 8.07 Å². The Morgan fingerprint density at radius 3 is 2.31 bits per heavy atom. The summed E-state index contributed by atoms with van der Waals surface area (Å²) in [7, 11) is 0.715. The second kappa shape index (κ2) is 6.62. The number of hydrogen-bond donors (Lipinski definition) is 0. The normalized spacial score (nSPS) is 12.0. The van der Waals surface area contributed by atoms with Gasteiger partial charge in [0.2, 0.25) is 5.69 Å². The van der Waals surface area contributed by atoms with Crippen molar-refractivity contribution in [2.24, 2.45) is 7.05 Å². The summed E-state index contributed by atoms with van der Waals surface area (Å²) in [5.41, 5.74) is 4.88. The maximum atomic E-state index is 14.6. The van der Waals surface area contributed by atoms with Crippen LogP contribution in [-0.2, 0) is 13.5 Å². The minimum atomic E-state index is -1.36. The predicted molar refractivity (Wildman–Crippen MR) is 112 cm³/mol. The number of nitrogens with zero attached hydrogens (tertiary/aromatic N) is 1. The van der Waals surface area contributed by atoms with Gasteiger partial charge in [0.15, 0.2) is 6.20 Å². The lowest BCUT2D eigenvalue weighted by Crippen LogP contribution is -2.37. The highest BCUT2D eigenvalue weighted by Crippen LogP contribution is 2.32. The van der Waals surface area contributed by atoms with Crippen LogP contribution in [0, 0.1) is 19.7 Å². The van der Waals surface area contributed by atoms with Crippen molar-refractivity contribution in [1.29, 1.82) is 0 Å². The quantitative estimate of drug-likeness (QED) is 0.443. The van der Waals surface area contributed by atoms with E-state index in [1.807, 2.05) is 26.8 Å². The van der Waals surface area contributed by atoms with Gasteiger partial charge in [-0.15, -0.1) is 0 Å². The van der Waals surface area contributed by atoms with E-state index in [0.717, 1.165) is 22.3 Å². The van der Waals surface area contributed by atoms with Crippen LogP contribution in [0.15, 0.2) is 36.5 Å². The molecule has 0 atom stereocenters. The Bertz CT molecular complexity index is 999. The summed E-state index contributed by atoms with van der Waals surface area (Å²) < 4.78 is 16.7. The second-order valence-electron chi connectivity index (χ2n) is 8.33. The number of aromatic nitrogens is 1. The molecule has 0 saturated heterocycles. The zero-order valence-electron chi connectivity index (χ0n) is 17.0. The molecule has 136 valence electrons. The van der Waals surface area contributed by atoms with Crippen LogP contribution in [0.2, 0.25) is 19.6 Å². The van der Waals surface area contributed by atoms with Crippen LogP contribution < -0.4 is 9.75 Å². The van der Waals surface area contributed by atoms with Gasteiger partial charge in [-0.2, -0.15) is 0 Å². The topological polar surface area (TPSA) is 3.88 Å². The predicted octanol–water partition coefficient (Wildman–Crippen LogP) is 5.19. The summed E-state index contributed by atoms with van der Waals surface area (Å²) in [4.78, 5) is 0. The molecular weight excluding hydrogens is 337 g/mol. The molecule has 0 bridgehead atoms. The van der Waals surface area contributed by atoms with E-state index in [-0.39, 0.29) is 5.82 Å². The van der Waals surface area contributed by atoms with E-state index >= 15 is 0 Å². The van der Waals surface area contributed by atoms with Crippen molar-refractivity contribution in [3.05, 3.63) is 59.0 Å². The molecule has 0 amide bonds. The lowest BCUT2D eigenvalue weighted by atomic mass is 9.93. The highest BCUT2D eigenvalue weighted by atomic mass is 28.3. The van der Waals surface area contributed by atoms with Crippen LogP contribution >= 0.6 is 0 Å². The first-order chi connectivity index (χ1) is 12.1. The monoisotopic (exact) mass is 366 g/mol. The summed E-state index contributed by atoms with van der Waals surface area (Å²) >= 11 is 0. The maximum Gasteiger partial charge on any atom is 0.220 e. The number of fused-ring (bicyclic) bond motifs is 1. The summed E-state index contributed by atoms with van der Waals surface area (Å²) in [5.74, 6) is -0.0577. The van der Waals surface area contributed by atoms with E-state index in [1.54, 1.807) is 0 Å². The lowest BCUT2D eigenvalue weighted by molar-refractivity contribution is -0.659. The first kappa shape index (κ1) is 18.8. The highest BCUT2D eigenvalue weighted by Gasteiger charge is 2.23. The Hall–Kier alpha value is -2.00. The molecule has 0 saturated carbocycles. The van der Waals surface area contributed by atoms with Gasteiger partial charge in [0, 0.05) is 6.07 Å². The zero-order valence-corrected chi connectivity index (χ0v) is 18.0. The molecule has 2 aromatic carbocycles. The van der Waals surface area contributed by atoms with Crippen molar-refractivity contribution in [3.63, 3.8) is 0 Å². The Morgan fingerprint density at radius 1 is 1.00 bits per heavy atom. The number of benzene rings is 2. The molecular formula is C23H29FNSi+.